The van der Waals surface area contributed by atoms with Gasteiger partial charge in [0.2, 0.25) is 0 Å². The van der Waals surface area contributed by atoms with Crippen LogP contribution in [0.2, 0.25) is 0 Å². The number of aliphatic hydroxyl groups is 2. The summed E-state index contributed by atoms with van der Waals surface area (Å²) in [6.07, 6.45) is 14.8. The molecule has 0 saturated heterocycles. The molecule has 4 fully saturated rings. The third kappa shape index (κ3) is 4.05. The Balaban J connectivity index is 1.36. The molecule has 0 radical (unpaired) electrons. The fraction of sp³-hybridized carbons (Fsp3) is 0.893. The Hall–Kier alpha value is -1.09. The summed E-state index contributed by atoms with van der Waals surface area (Å²) in [5.74, 6) is 4.00. The van der Waals surface area contributed by atoms with Gasteiger partial charge < -0.3 is 15.2 Å². The first-order chi connectivity index (χ1) is 15.8. The normalized spacial score (nSPS) is 46.5. The van der Waals surface area contributed by atoms with E-state index in [9.17, 15) is 15.5 Å². The van der Waals surface area contributed by atoms with Gasteiger partial charge in [0.25, 0.3) is 0 Å². The summed E-state index contributed by atoms with van der Waals surface area (Å²) in [6.45, 7) is 7.83. The van der Waals surface area contributed by atoms with Crippen molar-refractivity contribution in [1.82, 2.24) is 10.0 Å². The Bertz CT molecular complexity index is 805. The predicted molar refractivity (Wildman–Crippen MR) is 130 cm³/mol. The highest BCUT2D eigenvalue weighted by molar-refractivity contribution is 5.26. The zero-order chi connectivity index (χ0) is 23.4. The van der Waals surface area contributed by atoms with Crippen LogP contribution < -0.4 is 0 Å². The number of hydrogen-bond donors (Lipinski definition) is 2. The molecule has 2 N–H and O–H groups in total. The van der Waals surface area contributed by atoms with Crippen LogP contribution >= 0.6 is 0 Å². The molecule has 1 aliphatic heterocycles. The highest BCUT2D eigenvalue weighted by Crippen LogP contribution is 2.63. The van der Waals surface area contributed by atoms with E-state index in [1.165, 1.54) is 51.4 Å². The van der Waals surface area contributed by atoms with E-state index in [1.807, 2.05) is 13.1 Å². The van der Waals surface area contributed by atoms with Crippen molar-refractivity contribution < 1.29 is 10.2 Å². The predicted octanol–water partition coefficient (Wildman–Crippen LogP) is 4.86. The van der Waals surface area contributed by atoms with Crippen molar-refractivity contribution in [2.45, 2.75) is 109 Å². The Morgan fingerprint density at radius 2 is 1.91 bits per heavy atom. The first-order valence-corrected chi connectivity index (χ1v) is 13.8. The van der Waals surface area contributed by atoms with Crippen molar-refractivity contribution in [3.8, 4) is 6.07 Å². The van der Waals surface area contributed by atoms with Gasteiger partial charge in [-0.25, -0.2) is 5.01 Å². The van der Waals surface area contributed by atoms with Crippen molar-refractivity contribution in [2.75, 3.05) is 13.1 Å². The molecule has 184 valence electrons. The highest BCUT2D eigenvalue weighted by Gasteiger charge is 2.58. The first-order valence-electron chi connectivity index (χ1n) is 13.8. The van der Waals surface area contributed by atoms with Crippen molar-refractivity contribution in [3.05, 3.63) is 11.8 Å². The summed E-state index contributed by atoms with van der Waals surface area (Å²) in [6, 6.07) is 2.84. The Morgan fingerprint density at radius 3 is 2.64 bits per heavy atom. The van der Waals surface area contributed by atoms with E-state index in [0.717, 1.165) is 54.4 Å². The van der Waals surface area contributed by atoms with Crippen molar-refractivity contribution in [2.24, 2.45) is 35.0 Å². The summed E-state index contributed by atoms with van der Waals surface area (Å²) in [5, 5.41) is 35.3. The van der Waals surface area contributed by atoms with Gasteiger partial charge in [0.15, 0.2) is 0 Å². The molecule has 1 heterocycles. The second-order valence-corrected chi connectivity index (χ2v) is 12.6. The van der Waals surface area contributed by atoms with Gasteiger partial charge in [-0.3, -0.25) is 0 Å². The lowest BCUT2D eigenvalue weighted by atomic mass is 9.45. The standard InChI is InChI=1S/C28H45N3O2/c1-4-28(33)13-11-22-21(14-28)8-9-24-23(22)10-12-27(3)25(24)6-5-7-26(27)31-18-20(15-29)17-30(31)16-19(2)32/h17,19,21-26,32-33H,4-14,16,18H2,1-3H3/t19-,21-,22+,23-,24-,25+,26+,27+,28-/m1/s1. The molecule has 4 saturated carbocycles. The molecule has 5 nitrogen and oxygen atoms in total. The minimum absolute atomic E-state index is 0.279. The largest absolute Gasteiger partial charge is 0.392 e. The monoisotopic (exact) mass is 455 g/mol. The Labute approximate surface area is 200 Å². The van der Waals surface area contributed by atoms with E-state index in [4.69, 9.17) is 0 Å². The van der Waals surface area contributed by atoms with Crippen LogP contribution in [0.1, 0.15) is 91.4 Å². The molecule has 0 aromatic heterocycles. The maximum absolute atomic E-state index is 11.0. The second kappa shape index (κ2) is 8.85. The smallest absolute Gasteiger partial charge is 0.0977 e. The van der Waals surface area contributed by atoms with Gasteiger partial charge in [0, 0.05) is 12.2 Å². The number of aliphatic hydroxyl groups excluding tert-OH is 1. The molecule has 5 heteroatoms. The number of hydrazine groups is 1. The van der Waals surface area contributed by atoms with E-state index >= 15 is 0 Å². The van der Waals surface area contributed by atoms with Crippen LogP contribution in [0.3, 0.4) is 0 Å². The summed E-state index contributed by atoms with van der Waals surface area (Å²) in [7, 11) is 0. The number of rotatable bonds is 4. The lowest BCUT2D eigenvalue weighted by Crippen LogP contribution is -2.61. The highest BCUT2D eigenvalue weighted by atomic mass is 16.3. The zero-order valence-corrected chi connectivity index (χ0v) is 21.0. The summed E-state index contributed by atoms with van der Waals surface area (Å²) in [4.78, 5) is 0. The van der Waals surface area contributed by atoms with Crippen LogP contribution in [0.25, 0.3) is 0 Å². The number of β-amino-alcohol motifs (C(OH)–C–C–N with tert-alkyl or cyclic N) is 1. The van der Waals surface area contributed by atoms with Crippen LogP contribution in [-0.4, -0.2) is 51.1 Å². The maximum Gasteiger partial charge on any atom is 0.0977 e. The van der Waals surface area contributed by atoms with Crippen LogP contribution in [0, 0.1) is 46.3 Å². The molecule has 4 aliphatic carbocycles. The molecule has 5 rings (SSSR count). The minimum Gasteiger partial charge on any atom is -0.392 e. The molecule has 0 amide bonds. The molecule has 33 heavy (non-hydrogen) atoms. The number of nitriles is 1. The lowest BCUT2D eigenvalue weighted by molar-refractivity contribution is -0.160. The Morgan fingerprint density at radius 1 is 1.12 bits per heavy atom. The van der Waals surface area contributed by atoms with Gasteiger partial charge in [0.1, 0.15) is 0 Å². The fourth-order valence-corrected chi connectivity index (χ4v) is 9.28. The first kappa shape index (κ1) is 23.6. The van der Waals surface area contributed by atoms with E-state index < -0.39 is 11.7 Å². The van der Waals surface area contributed by atoms with Gasteiger partial charge in [-0.15, -0.1) is 0 Å². The van der Waals surface area contributed by atoms with Crippen LogP contribution in [0.5, 0.6) is 0 Å². The third-order valence-electron chi connectivity index (χ3n) is 10.9. The molecule has 9 atom stereocenters. The molecule has 0 aromatic carbocycles. The van der Waals surface area contributed by atoms with Gasteiger partial charge in [-0.05, 0) is 106 Å². The number of hydrogen-bond acceptors (Lipinski definition) is 5. The van der Waals surface area contributed by atoms with Crippen molar-refractivity contribution in [3.63, 3.8) is 0 Å². The van der Waals surface area contributed by atoms with Crippen molar-refractivity contribution >= 4 is 0 Å². The summed E-state index contributed by atoms with van der Waals surface area (Å²) >= 11 is 0. The average molecular weight is 456 g/mol. The van der Waals surface area contributed by atoms with Crippen LogP contribution in [0.4, 0.5) is 0 Å². The van der Waals surface area contributed by atoms with Gasteiger partial charge in [0.05, 0.1) is 36.4 Å². The Kier molecular flexibility index (Phi) is 6.34. The third-order valence-corrected chi connectivity index (χ3v) is 10.9. The fourth-order valence-electron chi connectivity index (χ4n) is 9.28. The quantitative estimate of drug-likeness (QED) is 0.633. The topological polar surface area (TPSA) is 70.7 Å². The number of nitrogens with zero attached hydrogens (tertiary/aromatic N) is 3. The average Bonchev–Trinajstić information content (AvgIpc) is 3.19. The van der Waals surface area contributed by atoms with Crippen LogP contribution in [-0.2, 0) is 0 Å². The molecule has 0 spiro atoms. The van der Waals surface area contributed by atoms with Gasteiger partial charge in [-0.2, -0.15) is 5.26 Å². The summed E-state index contributed by atoms with van der Waals surface area (Å²) < 4.78 is 0. The molecule has 0 bridgehead atoms. The SMILES string of the molecule is CC[C@@]1(O)CC[C@H]2[C@H](CC[C@@H]3[C@@H]2CC[C@]2(C)[C@@H](N4CC(C#N)=CN4C[C@@H](C)O)CCC[C@@H]32)C1. The van der Waals surface area contributed by atoms with E-state index in [1.54, 1.807) is 0 Å². The molecule has 0 unspecified atom stereocenters. The maximum atomic E-state index is 11.0. The minimum atomic E-state index is -0.409. The van der Waals surface area contributed by atoms with Crippen LogP contribution in [0.15, 0.2) is 11.8 Å². The molecule has 0 aromatic rings. The van der Waals surface area contributed by atoms with Crippen molar-refractivity contribution in [1.29, 1.82) is 5.26 Å². The lowest BCUT2D eigenvalue weighted by Gasteiger charge is -2.62. The molecular weight excluding hydrogens is 410 g/mol. The molecular formula is C28H45N3O2. The summed E-state index contributed by atoms with van der Waals surface area (Å²) in [5.41, 5.74) is 0.698. The molecule has 5 aliphatic rings. The number of fused-ring (bicyclic) bond motifs is 5. The zero-order valence-electron chi connectivity index (χ0n) is 21.0. The second-order valence-electron chi connectivity index (χ2n) is 12.6. The van der Waals surface area contributed by atoms with E-state index in [0.29, 0.717) is 19.1 Å². The van der Waals surface area contributed by atoms with Gasteiger partial charge >= 0.3 is 0 Å². The van der Waals surface area contributed by atoms with E-state index in [-0.39, 0.29) is 5.41 Å². The van der Waals surface area contributed by atoms with Gasteiger partial charge in [-0.1, -0.05) is 20.3 Å². The van der Waals surface area contributed by atoms with E-state index in [2.05, 4.69) is 29.9 Å².